The largest absolute Gasteiger partial charge is 0.740 e. The standard InChI is InChI=1S/C12H22N4O/c1-5-7-15(8-6-2)12-9-11(14(3)4)13-10-16(12)17/h9-10H,5-8H2,1-4H3. The summed E-state index contributed by atoms with van der Waals surface area (Å²) in [6, 6.07) is 1.85. The van der Waals surface area contributed by atoms with Gasteiger partial charge in [0.1, 0.15) is 0 Å². The minimum absolute atomic E-state index is 0.687. The van der Waals surface area contributed by atoms with Crippen LogP contribution in [0.4, 0.5) is 11.6 Å². The summed E-state index contributed by atoms with van der Waals surface area (Å²) in [5.41, 5.74) is 0. The first-order chi connectivity index (χ1) is 8.10. The van der Waals surface area contributed by atoms with Crippen molar-refractivity contribution >= 4 is 11.6 Å². The second kappa shape index (κ2) is 6.27. The van der Waals surface area contributed by atoms with Gasteiger partial charge >= 0.3 is 0 Å². The van der Waals surface area contributed by atoms with Gasteiger partial charge in [0.25, 0.3) is 0 Å². The molecule has 0 bridgehead atoms. The molecular weight excluding hydrogens is 216 g/mol. The van der Waals surface area contributed by atoms with Crippen molar-refractivity contribution in [3.05, 3.63) is 17.6 Å². The third-order valence-electron chi connectivity index (χ3n) is 2.55. The molecule has 1 heterocycles. The first-order valence-corrected chi connectivity index (χ1v) is 6.11. The van der Waals surface area contributed by atoms with Crippen molar-refractivity contribution in [3.8, 4) is 0 Å². The van der Waals surface area contributed by atoms with Crippen LogP contribution < -0.4 is 14.5 Å². The average Bonchev–Trinajstić information content (AvgIpc) is 2.29. The van der Waals surface area contributed by atoms with Gasteiger partial charge in [0.15, 0.2) is 0 Å². The van der Waals surface area contributed by atoms with Crippen molar-refractivity contribution in [2.75, 3.05) is 37.0 Å². The lowest BCUT2D eigenvalue weighted by Crippen LogP contribution is -2.39. The van der Waals surface area contributed by atoms with E-state index in [-0.39, 0.29) is 0 Å². The molecule has 0 fully saturated rings. The van der Waals surface area contributed by atoms with Crippen LogP contribution in [0.25, 0.3) is 0 Å². The molecule has 0 N–H and O–H groups in total. The lowest BCUT2D eigenvalue weighted by atomic mass is 10.3. The molecule has 0 aliphatic rings. The fourth-order valence-electron chi connectivity index (χ4n) is 1.74. The van der Waals surface area contributed by atoms with Gasteiger partial charge in [0.2, 0.25) is 18.0 Å². The van der Waals surface area contributed by atoms with Crippen LogP contribution in [0.5, 0.6) is 0 Å². The van der Waals surface area contributed by atoms with E-state index < -0.39 is 0 Å². The topological polar surface area (TPSA) is 46.3 Å². The van der Waals surface area contributed by atoms with E-state index in [0.29, 0.717) is 5.82 Å². The number of nitrogens with zero attached hydrogens (tertiary/aromatic N) is 4. The highest BCUT2D eigenvalue weighted by Gasteiger charge is 2.15. The van der Waals surface area contributed by atoms with E-state index in [1.807, 2.05) is 25.1 Å². The third kappa shape index (κ3) is 3.47. The average molecular weight is 238 g/mol. The molecule has 0 unspecified atom stereocenters. The van der Waals surface area contributed by atoms with E-state index >= 15 is 0 Å². The van der Waals surface area contributed by atoms with Gasteiger partial charge in [-0.05, 0) is 12.8 Å². The predicted molar refractivity (Wildman–Crippen MR) is 70.3 cm³/mol. The molecule has 1 rings (SSSR count). The Balaban J connectivity index is 3.02. The van der Waals surface area contributed by atoms with Crippen molar-refractivity contribution in [1.82, 2.24) is 4.98 Å². The van der Waals surface area contributed by atoms with Crippen LogP contribution in [0.15, 0.2) is 12.4 Å². The molecule has 0 atom stereocenters. The smallest absolute Gasteiger partial charge is 0.229 e. The van der Waals surface area contributed by atoms with Crippen LogP contribution in [-0.4, -0.2) is 32.2 Å². The minimum Gasteiger partial charge on any atom is -0.740 e. The van der Waals surface area contributed by atoms with Crippen molar-refractivity contribution in [3.63, 3.8) is 0 Å². The summed E-state index contributed by atoms with van der Waals surface area (Å²) < 4.78 is 0.846. The lowest BCUT2D eigenvalue weighted by Gasteiger charge is -2.23. The molecule has 17 heavy (non-hydrogen) atoms. The molecule has 0 saturated carbocycles. The van der Waals surface area contributed by atoms with E-state index in [4.69, 9.17) is 0 Å². The lowest BCUT2D eigenvalue weighted by molar-refractivity contribution is -0.595. The SMILES string of the molecule is CCCN(CCC)c1cc(N(C)C)nc[n+]1[O-]. The van der Waals surface area contributed by atoms with E-state index in [9.17, 15) is 5.21 Å². The number of rotatable bonds is 6. The minimum atomic E-state index is 0.687. The summed E-state index contributed by atoms with van der Waals surface area (Å²) in [5.74, 6) is 1.50. The summed E-state index contributed by atoms with van der Waals surface area (Å²) in [7, 11) is 3.84. The molecule has 96 valence electrons. The molecule has 1 aromatic heterocycles. The summed E-state index contributed by atoms with van der Waals surface area (Å²) in [6.45, 7) is 6.03. The van der Waals surface area contributed by atoms with E-state index in [1.165, 1.54) is 6.33 Å². The van der Waals surface area contributed by atoms with E-state index in [0.717, 1.165) is 36.5 Å². The predicted octanol–water partition coefficient (Wildman–Crippen LogP) is 1.41. The van der Waals surface area contributed by atoms with Gasteiger partial charge in [-0.2, -0.15) is 0 Å². The van der Waals surface area contributed by atoms with Gasteiger partial charge in [0, 0.05) is 14.1 Å². The molecule has 0 radical (unpaired) electrons. The van der Waals surface area contributed by atoms with E-state index in [1.54, 1.807) is 0 Å². The fourth-order valence-corrected chi connectivity index (χ4v) is 1.74. The summed E-state index contributed by atoms with van der Waals surface area (Å²) in [6.07, 6.45) is 3.39. The number of hydrogen-bond acceptors (Lipinski definition) is 4. The van der Waals surface area contributed by atoms with Gasteiger partial charge in [0.05, 0.1) is 19.2 Å². The van der Waals surface area contributed by atoms with Gasteiger partial charge in [-0.25, -0.2) is 0 Å². The molecule has 1 aromatic rings. The highest BCUT2D eigenvalue weighted by Crippen LogP contribution is 2.14. The Morgan fingerprint density at radius 1 is 1.24 bits per heavy atom. The van der Waals surface area contributed by atoms with Crippen LogP contribution in [0.3, 0.4) is 0 Å². The third-order valence-corrected chi connectivity index (χ3v) is 2.55. The Kier molecular flexibility index (Phi) is 5.00. The van der Waals surface area contributed by atoms with Crippen LogP contribution >= 0.6 is 0 Å². The van der Waals surface area contributed by atoms with Gasteiger partial charge in [-0.15, -0.1) is 0 Å². The molecule has 0 amide bonds. The van der Waals surface area contributed by atoms with E-state index in [2.05, 4.69) is 23.7 Å². The Bertz CT molecular complexity index is 348. The summed E-state index contributed by atoms with van der Waals surface area (Å²) in [4.78, 5) is 8.11. The number of hydrogen-bond donors (Lipinski definition) is 0. The fraction of sp³-hybridized carbons (Fsp3) is 0.667. The number of anilines is 2. The molecular formula is C12H22N4O. The monoisotopic (exact) mass is 238 g/mol. The summed E-state index contributed by atoms with van der Waals surface area (Å²) >= 11 is 0. The molecule has 0 aliphatic heterocycles. The zero-order valence-corrected chi connectivity index (χ0v) is 11.2. The van der Waals surface area contributed by atoms with Crippen LogP contribution in [0, 0.1) is 5.21 Å². The van der Waals surface area contributed by atoms with Crippen molar-refractivity contribution in [1.29, 1.82) is 0 Å². The van der Waals surface area contributed by atoms with Gasteiger partial charge in [-0.1, -0.05) is 18.8 Å². The number of aromatic nitrogens is 2. The first-order valence-electron chi connectivity index (χ1n) is 6.11. The Labute approximate surface area is 103 Å². The van der Waals surface area contributed by atoms with Crippen molar-refractivity contribution in [2.45, 2.75) is 26.7 Å². The first kappa shape index (κ1) is 13.5. The molecule has 0 aromatic carbocycles. The highest BCUT2D eigenvalue weighted by atomic mass is 16.5. The maximum absolute atomic E-state index is 11.8. The quantitative estimate of drug-likeness (QED) is 0.555. The van der Waals surface area contributed by atoms with Gasteiger partial charge in [-0.3, -0.25) is 9.63 Å². The second-order valence-electron chi connectivity index (χ2n) is 4.31. The highest BCUT2D eigenvalue weighted by molar-refractivity contribution is 5.46. The maximum atomic E-state index is 11.8. The second-order valence-corrected chi connectivity index (χ2v) is 4.31. The zero-order valence-electron chi connectivity index (χ0n) is 11.2. The van der Waals surface area contributed by atoms with Crippen molar-refractivity contribution in [2.24, 2.45) is 0 Å². The molecule has 0 spiro atoms. The van der Waals surface area contributed by atoms with Gasteiger partial charge < -0.3 is 10.1 Å². The molecule has 5 nitrogen and oxygen atoms in total. The van der Waals surface area contributed by atoms with Crippen LogP contribution in [-0.2, 0) is 0 Å². The Morgan fingerprint density at radius 2 is 1.82 bits per heavy atom. The summed E-state index contributed by atoms with van der Waals surface area (Å²) in [5, 5.41) is 11.8. The normalized spacial score (nSPS) is 10.4. The Morgan fingerprint density at radius 3 is 2.29 bits per heavy atom. The van der Waals surface area contributed by atoms with Crippen molar-refractivity contribution < 1.29 is 4.73 Å². The van der Waals surface area contributed by atoms with Crippen LogP contribution in [0.1, 0.15) is 26.7 Å². The molecule has 0 aliphatic carbocycles. The Hall–Kier alpha value is -1.52. The van der Waals surface area contributed by atoms with Crippen LogP contribution in [0.2, 0.25) is 0 Å². The zero-order chi connectivity index (χ0) is 12.8. The molecule has 0 saturated heterocycles. The maximum Gasteiger partial charge on any atom is 0.229 e. The molecule has 5 heteroatoms.